The van der Waals surface area contributed by atoms with Crippen molar-refractivity contribution in [3.8, 4) is 0 Å². The lowest BCUT2D eigenvalue weighted by Crippen LogP contribution is -2.21. The van der Waals surface area contributed by atoms with Crippen molar-refractivity contribution in [3.05, 3.63) is 65.4 Å². The molecule has 0 aliphatic heterocycles. The Kier molecular flexibility index (Phi) is 5.88. The van der Waals surface area contributed by atoms with Gasteiger partial charge in [-0.15, -0.1) is 0 Å². The summed E-state index contributed by atoms with van der Waals surface area (Å²) in [4.78, 5) is 24.5. The average molecular weight is 367 g/mol. The average Bonchev–Trinajstić information content (AvgIpc) is 3.05. The first kappa shape index (κ1) is 18.7. The van der Waals surface area contributed by atoms with Crippen molar-refractivity contribution < 1.29 is 23.5 Å². The highest BCUT2D eigenvalue weighted by molar-refractivity contribution is 5.98. The molecule has 3 rings (SSSR count). The summed E-state index contributed by atoms with van der Waals surface area (Å²) in [5.41, 5.74) is 2.95. The molecule has 0 saturated heterocycles. The van der Waals surface area contributed by atoms with Crippen LogP contribution < -0.4 is 5.32 Å². The van der Waals surface area contributed by atoms with Gasteiger partial charge in [-0.1, -0.05) is 37.3 Å². The van der Waals surface area contributed by atoms with E-state index in [1.54, 1.807) is 12.1 Å². The minimum Gasteiger partial charge on any atom is -0.450 e. The third-order valence-electron chi connectivity index (χ3n) is 4.13. The number of rotatable bonds is 7. The first-order valence-electron chi connectivity index (χ1n) is 8.67. The highest BCUT2D eigenvalue weighted by Gasteiger charge is 2.22. The first-order chi connectivity index (χ1) is 13.1. The predicted octanol–water partition coefficient (Wildman–Crippen LogP) is 3.94. The van der Waals surface area contributed by atoms with Crippen LogP contribution in [0.2, 0.25) is 0 Å². The first-order valence-corrected chi connectivity index (χ1v) is 8.67. The molecule has 1 aromatic heterocycles. The Balaban J connectivity index is 1.67. The molecule has 140 valence electrons. The molecule has 3 aromatic rings. The van der Waals surface area contributed by atoms with Gasteiger partial charge in [-0.05, 0) is 30.2 Å². The lowest BCUT2D eigenvalue weighted by molar-refractivity contribution is -0.119. The molecule has 1 heterocycles. The molecule has 0 unspecified atom stereocenters. The molecule has 1 N–H and O–H groups in total. The van der Waals surface area contributed by atoms with Crippen LogP contribution in [-0.2, 0) is 27.3 Å². The summed E-state index contributed by atoms with van der Waals surface area (Å²) >= 11 is 0. The van der Waals surface area contributed by atoms with E-state index in [1.807, 2.05) is 43.3 Å². The fourth-order valence-corrected chi connectivity index (χ4v) is 2.81. The Morgan fingerprint density at radius 3 is 2.70 bits per heavy atom. The van der Waals surface area contributed by atoms with Gasteiger partial charge in [-0.25, -0.2) is 4.79 Å². The maximum Gasteiger partial charge on any atom is 0.375 e. The largest absolute Gasteiger partial charge is 0.450 e. The number of methoxy groups -OCH3 is 1. The lowest BCUT2D eigenvalue weighted by Gasteiger charge is -2.07. The summed E-state index contributed by atoms with van der Waals surface area (Å²) in [6, 6.07) is 14.8. The number of aryl methyl sites for hydroxylation is 1. The van der Waals surface area contributed by atoms with Crippen LogP contribution in [-0.4, -0.2) is 25.6 Å². The van der Waals surface area contributed by atoms with Gasteiger partial charge in [-0.3, -0.25) is 4.79 Å². The Hall–Kier alpha value is -3.12. The SMILES string of the molecule is CCc1cccc(NC(=O)COC(=O)c2oc3ccccc3c2COC)c1. The second-order valence-electron chi connectivity index (χ2n) is 6.02. The van der Waals surface area contributed by atoms with E-state index in [-0.39, 0.29) is 12.4 Å². The molecule has 0 saturated carbocycles. The normalized spacial score (nSPS) is 10.7. The van der Waals surface area contributed by atoms with Gasteiger partial charge < -0.3 is 19.2 Å². The zero-order chi connectivity index (χ0) is 19.2. The second kappa shape index (κ2) is 8.51. The number of carbonyl (C=O) groups excluding carboxylic acids is 2. The standard InChI is InChI=1S/C21H21NO5/c1-3-14-7-6-8-15(11-14)22-19(23)13-26-21(24)20-17(12-25-2)16-9-4-5-10-18(16)27-20/h4-11H,3,12-13H2,1-2H3,(H,22,23). The molecule has 0 fully saturated rings. The summed E-state index contributed by atoms with van der Waals surface area (Å²) in [6.45, 7) is 1.84. The number of fused-ring (bicyclic) bond motifs is 1. The number of nitrogens with one attached hydrogen (secondary N) is 1. The summed E-state index contributed by atoms with van der Waals surface area (Å²) in [5, 5.41) is 3.50. The Morgan fingerprint density at radius 2 is 1.93 bits per heavy atom. The molecule has 27 heavy (non-hydrogen) atoms. The molecule has 6 nitrogen and oxygen atoms in total. The number of hydrogen-bond donors (Lipinski definition) is 1. The van der Waals surface area contributed by atoms with E-state index in [1.165, 1.54) is 7.11 Å². The Bertz CT molecular complexity index is 960. The second-order valence-corrected chi connectivity index (χ2v) is 6.02. The highest BCUT2D eigenvalue weighted by Crippen LogP contribution is 2.27. The van der Waals surface area contributed by atoms with Gasteiger partial charge >= 0.3 is 5.97 Å². The van der Waals surface area contributed by atoms with E-state index >= 15 is 0 Å². The van der Waals surface area contributed by atoms with Crippen molar-refractivity contribution in [3.63, 3.8) is 0 Å². The van der Waals surface area contributed by atoms with Gasteiger partial charge in [0.25, 0.3) is 5.91 Å². The van der Waals surface area contributed by atoms with E-state index in [4.69, 9.17) is 13.9 Å². The molecule has 0 atom stereocenters. The van der Waals surface area contributed by atoms with Crippen molar-refractivity contribution in [2.24, 2.45) is 0 Å². The van der Waals surface area contributed by atoms with Gasteiger partial charge in [0.2, 0.25) is 5.76 Å². The Labute approximate surface area is 157 Å². The number of hydrogen-bond acceptors (Lipinski definition) is 5. The van der Waals surface area contributed by atoms with Crippen molar-refractivity contribution in [2.45, 2.75) is 20.0 Å². The van der Waals surface area contributed by atoms with E-state index < -0.39 is 18.5 Å². The van der Waals surface area contributed by atoms with Crippen molar-refractivity contribution in [2.75, 3.05) is 19.0 Å². The van der Waals surface area contributed by atoms with Crippen molar-refractivity contribution >= 4 is 28.5 Å². The highest BCUT2D eigenvalue weighted by atomic mass is 16.5. The molecule has 0 spiro atoms. The predicted molar refractivity (Wildman–Crippen MR) is 102 cm³/mol. The van der Waals surface area contributed by atoms with Crippen LogP contribution in [0.4, 0.5) is 5.69 Å². The third kappa shape index (κ3) is 4.35. The molecular formula is C21H21NO5. The number of esters is 1. The molecule has 0 radical (unpaired) electrons. The molecule has 0 aliphatic carbocycles. The van der Waals surface area contributed by atoms with E-state index in [9.17, 15) is 9.59 Å². The van der Waals surface area contributed by atoms with Crippen molar-refractivity contribution in [1.29, 1.82) is 0 Å². The minimum atomic E-state index is -0.698. The summed E-state index contributed by atoms with van der Waals surface area (Å²) < 4.78 is 15.9. The molecule has 1 amide bonds. The fourth-order valence-electron chi connectivity index (χ4n) is 2.81. The van der Waals surface area contributed by atoms with Crippen LogP contribution in [0.25, 0.3) is 11.0 Å². The summed E-state index contributed by atoms with van der Waals surface area (Å²) in [5.74, 6) is -1.06. The van der Waals surface area contributed by atoms with Gasteiger partial charge in [0.15, 0.2) is 6.61 Å². The van der Waals surface area contributed by atoms with Gasteiger partial charge in [0.1, 0.15) is 5.58 Å². The molecule has 0 aliphatic rings. The lowest BCUT2D eigenvalue weighted by atomic mass is 10.1. The number of ether oxygens (including phenoxy) is 2. The quantitative estimate of drug-likeness (QED) is 0.640. The molecule has 2 aromatic carbocycles. The number of benzene rings is 2. The van der Waals surface area contributed by atoms with Gasteiger partial charge in [0, 0.05) is 23.7 Å². The summed E-state index contributed by atoms with van der Waals surface area (Å²) in [6.07, 6.45) is 0.868. The van der Waals surface area contributed by atoms with Crippen LogP contribution in [0.15, 0.2) is 52.9 Å². The zero-order valence-electron chi connectivity index (χ0n) is 15.3. The van der Waals surface area contributed by atoms with Crippen LogP contribution in [0, 0.1) is 0 Å². The van der Waals surface area contributed by atoms with E-state index in [2.05, 4.69) is 5.32 Å². The number of furan rings is 1. The maximum atomic E-state index is 12.4. The Morgan fingerprint density at radius 1 is 1.11 bits per heavy atom. The molecule has 6 heteroatoms. The monoisotopic (exact) mass is 367 g/mol. The number of anilines is 1. The molecular weight excluding hydrogens is 346 g/mol. The van der Waals surface area contributed by atoms with E-state index in [0.29, 0.717) is 16.8 Å². The van der Waals surface area contributed by atoms with Crippen LogP contribution in [0.3, 0.4) is 0 Å². The van der Waals surface area contributed by atoms with Gasteiger partial charge in [-0.2, -0.15) is 0 Å². The third-order valence-corrected chi connectivity index (χ3v) is 4.13. The van der Waals surface area contributed by atoms with Crippen LogP contribution in [0.1, 0.15) is 28.6 Å². The minimum absolute atomic E-state index is 0.0545. The van der Waals surface area contributed by atoms with Crippen LogP contribution >= 0.6 is 0 Å². The number of carbonyl (C=O) groups is 2. The summed E-state index contributed by atoms with van der Waals surface area (Å²) in [7, 11) is 1.54. The number of para-hydroxylation sites is 1. The van der Waals surface area contributed by atoms with Gasteiger partial charge in [0.05, 0.1) is 6.61 Å². The van der Waals surface area contributed by atoms with Crippen molar-refractivity contribution in [1.82, 2.24) is 0 Å². The maximum absolute atomic E-state index is 12.4. The van der Waals surface area contributed by atoms with Crippen LogP contribution in [0.5, 0.6) is 0 Å². The van der Waals surface area contributed by atoms with E-state index in [0.717, 1.165) is 17.4 Å². The zero-order valence-corrected chi connectivity index (χ0v) is 15.3. The number of amides is 1. The molecule has 0 bridgehead atoms. The topological polar surface area (TPSA) is 77.8 Å². The fraction of sp³-hybridized carbons (Fsp3) is 0.238. The smallest absolute Gasteiger partial charge is 0.375 e.